The van der Waals surface area contributed by atoms with E-state index >= 15 is 0 Å². The zero-order chi connectivity index (χ0) is 18.4. The number of morpholine rings is 1. The molecule has 1 fully saturated rings. The number of benzene rings is 1. The summed E-state index contributed by atoms with van der Waals surface area (Å²) in [6, 6.07) is 7.09. The largest absolute Gasteiger partial charge is 0.378 e. The van der Waals surface area contributed by atoms with Gasteiger partial charge in [-0.2, -0.15) is 0 Å². The molecule has 1 aromatic carbocycles. The molecule has 1 aromatic rings. The van der Waals surface area contributed by atoms with Crippen molar-refractivity contribution in [2.45, 2.75) is 33.2 Å². The molecule has 0 saturated carbocycles. The Kier molecular flexibility index (Phi) is 6.82. The van der Waals surface area contributed by atoms with Crippen LogP contribution in [0, 0.1) is 5.92 Å². The molecule has 6 heteroatoms. The second kappa shape index (κ2) is 8.85. The minimum Gasteiger partial charge on any atom is -0.378 e. The van der Waals surface area contributed by atoms with Gasteiger partial charge in [0.05, 0.1) is 13.2 Å². The summed E-state index contributed by atoms with van der Waals surface area (Å²) in [5.41, 5.74) is 1.21. The topological polar surface area (TPSA) is 61.9 Å². The summed E-state index contributed by atoms with van der Waals surface area (Å²) in [4.78, 5) is 28.5. The summed E-state index contributed by atoms with van der Waals surface area (Å²) < 4.78 is 5.28. The van der Waals surface area contributed by atoms with Crippen molar-refractivity contribution in [2.75, 3.05) is 38.7 Å². The van der Waals surface area contributed by atoms with E-state index < -0.39 is 0 Å². The van der Waals surface area contributed by atoms with Gasteiger partial charge in [0.1, 0.15) is 0 Å². The van der Waals surface area contributed by atoms with E-state index in [1.807, 2.05) is 6.92 Å². The molecule has 1 heterocycles. The van der Waals surface area contributed by atoms with Crippen LogP contribution in [0.1, 0.15) is 37.6 Å². The molecular formula is C19H29N3O3. The van der Waals surface area contributed by atoms with Crippen LogP contribution in [0.25, 0.3) is 0 Å². The van der Waals surface area contributed by atoms with E-state index in [2.05, 4.69) is 19.2 Å². The van der Waals surface area contributed by atoms with Crippen LogP contribution < -0.4 is 5.32 Å². The maximum Gasteiger partial charge on any atom is 0.321 e. The van der Waals surface area contributed by atoms with Crippen molar-refractivity contribution in [2.24, 2.45) is 5.92 Å². The number of hydrogen-bond acceptors (Lipinski definition) is 3. The number of anilines is 1. The Bertz CT molecular complexity index is 597. The molecule has 0 aliphatic carbocycles. The molecular weight excluding hydrogens is 318 g/mol. The zero-order valence-corrected chi connectivity index (χ0v) is 15.6. The van der Waals surface area contributed by atoms with Crippen molar-refractivity contribution in [3.63, 3.8) is 0 Å². The molecule has 1 saturated heterocycles. The van der Waals surface area contributed by atoms with Crippen molar-refractivity contribution >= 4 is 17.6 Å². The quantitative estimate of drug-likeness (QED) is 0.890. The number of nitrogens with one attached hydrogen (secondary N) is 1. The van der Waals surface area contributed by atoms with Gasteiger partial charge >= 0.3 is 6.03 Å². The van der Waals surface area contributed by atoms with Crippen molar-refractivity contribution in [3.8, 4) is 0 Å². The molecule has 6 nitrogen and oxygen atoms in total. The summed E-state index contributed by atoms with van der Waals surface area (Å²) in [7, 11) is 1.80. The van der Waals surface area contributed by atoms with E-state index in [-0.39, 0.29) is 18.0 Å². The smallest absolute Gasteiger partial charge is 0.321 e. The first-order valence-electron chi connectivity index (χ1n) is 8.89. The lowest BCUT2D eigenvalue weighted by Crippen LogP contribution is -2.40. The molecule has 2 rings (SSSR count). The van der Waals surface area contributed by atoms with E-state index in [0.717, 1.165) is 6.42 Å². The Balaban J connectivity index is 2.00. The van der Waals surface area contributed by atoms with E-state index in [1.165, 1.54) is 0 Å². The molecule has 0 spiro atoms. The van der Waals surface area contributed by atoms with Gasteiger partial charge < -0.3 is 19.9 Å². The predicted octanol–water partition coefficient (Wildman–Crippen LogP) is 3.06. The van der Waals surface area contributed by atoms with Gasteiger partial charge in [-0.05, 0) is 37.5 Å². The molecule has 1 aliphatic rings. The lowest BCUT2D eigenvalue weighted by Gasteiger charge is -2.27. The van der Waals surface area contributed by atoms with Crippen molar-refractivity contribution < 1.29 is 14.3 Å². The first-order valence-corrected chi connectivity index (χ1v) is 8.89. The highest BCUT2D eigenvalue weighted by atomic mass is 16.5. The number of rotatable bonds is 5. The van der Waals surface area contributed by atoms with Crippen LogP contribution >= 0.6 is 0 Å². The number of amides is 3. The summed E-state index contributed by atoms with van der Waals surface area (Å²) >= 11 is 0. The van der Waals surface area contributed by atoms with E-state index in [9.17, 15) is 9.59 Å². The summed E-state index contributed by atoms with van der Waals surface area (Å²) in [6.45, 7) is 8.67. The van der Waals surface area contributed by atoms with Crippen LogP contribution in [-0.4, -0.2) is 61.1 Å². The number of hydrogen-bond donors (Lipinski definition) is 1. The fourth-order valence-electron chi connectivity index (χ4n) is 2.93. The molecule has 138 valence electrons. The van der Waals surface area contributed by atoms with Gasteiger partial charge in [0.15, 0.2) is 0 Å². The van der Waals surface area contributed by atoms with Crippen molar-refractivity contribution in [3.05, 3.63) is 29.8 Å². The Hall–Kier alpha value is -2.08. The van der Waals surface area contributed by atoms with Gasteiger partial charge in [0.25, 0.3) is 5.91 Å². The maximum absolute atomic E-state index is 12.5. The Morgan fingerprint density at radius 1 is 1.24 bits per heavy atom. The fraction of sp³-hybridized carbons (Fsp3) is 0.579. The Morgan fingerprint density at radius 3 is 2.56 bits per heavy atom. The third-order valence-electron chi connectivity index (χ3n) is 4.45. The van der Waals surface area contributed by atoms with Gasteiger partial charge in [0, 0.05) is 37.4 Å². The number of nitrogens with zero attached hydrogens (tertiary/aromatic N) is 2. The maximum atomic E-state index is 12.5. The first-order chi connectivity index (χ1) is 11.9. The monoisotopic (exact) mass is 347 g/mol. The Morgan fingerprint density at radius 2 is 1.92 bits per heavy atom. The van der Waals surface area contributed by atoms with Crippen LogP contribution in [-0.2, 0) is 4.74 Å². The van der Waals surface area contributed by atoms with Crippen LogP contribution in [0.5, 0.6) is 0 Å². The second-order valence-electron chi connectivity index (χ2n) is 7.01. The molecule has 3 amide bonds. The fourth-order valence-corrected chi connectivity index (χ4v) is 2.93. The zero-order valence-electron chi connectivity index (χ0n) is 15.6. The van der Waals surface area contributed by atoms with Gasteiger partial charge in [-0.3, -0.25) is 4.79 Å². The average molecular weight is 347 g/mol. The lowest BCUT2D eigenvalue weighted by atomic mass is 10.0. The highest BCUT2D eigenvalue weighted by molar-refractivity contribution is 5.97. The normalized spacial score (nSPS) is 15.8. The minimum atomic E-state index is -0.163. The average Bonchev–Trinajstić information content (AvgIpc) is 2.60. The molecule has 25 heavy (non-hydrogen) atoms. The molecule has 0 radical (unpaired) electrons. The molecule has 0 unspecified atom stereocenters. The number of carbonyl (C=O) groups excluding carboxylic acids is 2. The van der Waals surface area contributed by atoms with Gasteiger partial charge in [-0.25, -0.2) is 4.79 Å². The number of ether oxygens (including phenoxy) is 1. The highest BCUT2D eigenvalue weighted by Gasteiger charge is 2.20. The number of carbonyl (C=O) groups is 2. The summed E-state index contributed by atoms with van der Waals surface area (Å²) in [5, 5.41) is 2.89. The number of urea groups is 1. The molecule has 0 aromatic heterocycles. The molecule has 1 atom stereocenters. The standard InChI is InChI=1S/C19H29N3O3/c1-14(2)12-15(3)21(4)19(24)20-17-7-5-6-16(13-17)18(23)22-8-10-25-11-9-22/h5-7,13-15H,8-12H2,1-4H3,(H,20,24)/t15-/m0/s1. The first kappa shape index (κ1) is 19.2. The van der Waals surface area contributed by atoms with Gasteiger partial charge in [-0.1, -0.05) is 19.9 Å². The summed E-state index contributed by atoms with van der Waals surface area (Å²) in [6.07, 6.45) is 0.944. The molecule has 0 bridgehead atoms. The van der Waals surface area contributed by atoms with Crippen LogP contribution in [0.3, 0.4) is 0 Å². The van der Waals surface area contributed by atoms with Crippen molar-refractivity contribution in [1.29, 1.82) is 0 Å². The molecule has 1 N–H and O–H groups in total. The minimum absolute atomic E-state index is 0.0269. The van der Waals surface area contributed by atoms with E-state index in [1.54, 1.807) is 41.1 Å². The van der Waals surface area contributed by atoms with E-state index in [4.69, 9.17) is 4.74 Å². The van der Waals surface area contributed by atoms with Crippen LogP contribution in [0.2, 0.25) is 0 Å². The highest BCUT2D eigenvalue weighted by Crippen LogP contribution is 2.16. The van der Waals surface area contributed by atoms with Gasteiger partial charge in [-0.15, -0.1) is 0 Å². The third kappa shape index (κ3) is 5.46. The predicted molar refractivity (Wildman–Crippen MR) is 98.9 cm³/mol. The lowest BCUT2D eigenvalue weighted by molar-refractivity contribution is 0.0303. The van der Waals surface area contributed by atoms with Crippen LogP contribution in [0.15, 0.2) is 24.3 Å². The third-order valence-corrected chi connectivity index (χ3v) is 4.45. The van der Waals surface area contributed by atoms with Crippen molar-refractivity contribution in [1.82, 2.24) is 9.80 Å². The second-order valence-corrected chi connectivity index (χ2v) is 7.01. The molecule has 1 aliphatic heterocycles. The van der Waals surface area contributed by atoms with E-state index in [0.29, 0.717) is 43.5 Å². The van der Waals surface area contributed by atoms with Crippen LogP contribution in [0.4, 0.5) is 10.5 Å². The SMILES string of the molecule is CC(C)C[C@H](C)N(C)C(=O)Nc1cccc(C(=O)N2CCOCC2)c1. The van der Waals surface area contributed by atoms with Gasteiger partial charge in [0.2, 0.25) is 0 Å². The Labute approximate surface area is 150 Å². The summed E-state index contributed by atoms with van der Waals surface area (Å²) in [5.74, 6) is 0.501.